The maximum atomic E-state index is 13.4. The second kappa shape index (κ2) is 38.9. The highest BCUT2D eigenvalue weighted by Gasteiger charge is 2.44. The molecule has 0 aliphatic carbocycles. The zero-order chi connectivity index (χ0) is 90.6. The lowest BCUT2D eigenvalue weighted by atomic mass is 9.86. The van der Waals surface area contributed by atoms with Gasteiger partial charge in [0.05, 0.1) is 63.4 Å². The van der Waals surface area contributed by atoms with Crippen molar-refractivity contribution in [1.82, 2.24) is 79.4 Å². The Morgan fingerprint density at radius 2 is 0.651 bits per heavy atom. The summed E-state index contributed by atoms with van der Waals surface area (Å²) in [4.78, 5) is 77.9. The van der Waals surface area contributed by atoms with E-state index in [1.807, 2.05) is 13.8 Å². The Morgan fingerprint density at radius 1 is 0.365 bits per heavy atom. The summed E-state index contributed by atoms with van der Waals surface area (Å²) >= 11 is 0. The monoisotopic (exact) mass is 1790 g/mol. The minimum absolute atomic E-state index is 0.0688. The van der Waals surface area contributed by atoms with Gasteiger partial charge in [-0.1, -0.05) is 100 Å². The largest absolute Gasteiger partial charge is 0.416 e. The van der Waals surface area contributed by atoms with Crippen LogP contribution < -0.4 is 0 Å². The van der Waals surface area contributed by atoms with Crippen LogP contribution in [0.2, 0.25) is 0 Å². The van der Waals surface area contributed by atoms with Gasteiger partial charge in [0, 0.05) is 132 Å². The molecule has 0 saturated carbocycles. The first-order chi connectivity index (χ1) is 59.7. The van der Waals surface area contributed by atoms with Crippen molar-refractivity contribution in [2.75, 3.05) is 85.1 Å². The molecule has 0 bridgehead atoms. The lowest BCUT2D eigenvalue weighted by molar-refractivity contribution is -0.139. The maximum absolute atomic E-state index is 13.4. The van der Waals surface area contributed by atoms with Crippen LogP contribution in [0.1, 0.15) is 262 Å². The van der Waals surface area contributed by atoms with E-state index >= 15 is 0 Å². The molecule has 4 fully saturated rings. The minimum Gasteiger partial charge on any atom is -0.337 e. The molecule has 4 aromatic carbocycles. The van der Waals surface area contributed by atoms with Crippen molar-refractivity contribution >= 4 is 39.6 Å². The first-order valence-electron chi connectivity index (χ1n) is 43.5. The van der Waals surface area contributed by atoms with Crippen LogP contribution >= 0.6 is 0 Å². The van der Waals surface area contributed by atoms with E-state index in [0.717, 1.165) is 109 Å². The summed E-state index contributed by atoms with van der Waals surface area (Å²) in [7, 11) is -3.41. The maximum Gasteiger partial charge on any atom is 0.416 e. The lowest BCUT2D eigenvalue weighted by Gasteiger charge is -2.33. The van der Waals surface area contributed by atoms with Crippen molar-refractivity contribution in [2.45, 2.75) is 218 Å². The lowest BCUT2D eigenvalue weighted by Crippen LogP contribution is -2.41. The molecule has 8 aliphatic heterocycles. The molecule has 0 atom stereocenters. The molecule has 0 radical (unpaired) electrons. The third-order valence-electron chi connectivity index (χ3n) is 25.7. The van der Waals surface area contributed by atoms with Gasteiger partial charge >= 0.3 is 24.7 Å². The normalized spacial score (nSPS) is 18.3. The molecular weight excluding hydrogens is 1680 g/mol. The number of halogens is 12. The van der Waals surface area contributed by atoms with Gasteiger partial charge < -0.3 is 24.5 Å². The van der Waals surface area contributed by atoms with Crippen LogP contribution in [0.5, 0.6) is 0 Å². The zero-order valence-electron chi connectivity index (χ0n) is 72.0. The number of aromatic nitrogens is 8. The fourth-order valence-electron chi connectivity index (χ4n) is 18.8. The van der Waals surface area contributed by atoms with Gasteiger partial charge in [0.15, 0.2) is 22.8 Å². The molecule has 682 valence electrons. The highest BCUT2D eigenvalue weighted by atomic mass is 32.2. The Morgan fingerprint density at radius 3 is 0.952 bits per heavy atom. The Kier molecular flexibility index (Phi) is 29.0. The molecule has 8 aliphatic rings. The Balaban J connectivity index is 0.000000144. The van der Waals surface area contributed by atoms with Gasteiger partial charge in [0.1, 0.15) is 0 Å². The number of piperidine rings is 4. The number of carbonyl (C=O) groups excluding carboxylic acids is 5. The van der Waals surface area contributed by atoms with Gasteiger partial charge in [0.2, 0.25) is 15.9 Å². The molecule has 126 heavy (non-hydrogen) atoms. The number of aromatic amines is 4. The average molecular weight is 1790 g/mol. The number of carbonyl (C=O) groups is 5. The summed E-state index contributed by atoms with van der Waals surface area (Å²) in [6.45, 7) is 24.5. The molecule has 5 amide bonds. The first-order valence-corrected chi connectivity index (χ1v) is 45.0. The second-order valence-electron chi connectivity index (χ2n) is 35.3. The van der Waals surface area contributed by atoms with E-state index < -0.39 is 62.2 Å². The van der Waals surface area contributed by atoms with Gasteiger partial charge in [-0.3, -0.25) is 54.2 Å². The van der Waals surface area contributed by atoms with Crippen molar-refractivity contribution in [3.05, 3.63) is 209 Å². The van der Waals surface area contributed by atoms with Crippen LogP contribution in [0, 0.1) is 11.8 Å². The summed E-state index contributed by atoms with van der Waals surface area (Å²) in [5.74, 6) is -1.04. The summed E-state index contributed by atoms with van der Waals surface area (Å²) < 4.78 is 187. The number of H-pyrrole nitrogens is 4. The van der Waals surface area contributed by atoms with Gasteiger partial charge in [-0.2, -0.15) is 77.4 Å². The highest BCUT2D eigenvalue weighted by Crippen LogP contribution is 2.45. The number of alkyl halides is 12. The topological polar surface area (TPSA) is 260 Å². The average Bonchev–Trinajstić information content (AvgIpc) is 1.46. The van der Waals surface area contributed by atoms with Crippen molar-refractivity contribution in [3.63, 3.8) is 0 Å². The van der Waals surface area contributed by atoms with Gasteiger partial charge in [-0.05, 0) is 181 Å². The molecule has 16 rings (SSSR count). The van der Waals surface area contributed by atoms with E-state index in [4.69, 9.17) is 0 Å². The van der Waals surface area contributed by atoms with Crippen LogP contribution in [0.3, 0.4) is 0 Å². The smallest absolute Gasteiger partial charge is 0.337 e. The molecule has 4 aromatic heterocycles. The molecule has 12 heterocycles. The van der Waals surface area contributed by atoms with E-state index in [0.29, 0.717) is 181 Å². The van der Waals surface area contributed by atoms with E-state index in [1.165, 1.54) is 34.6 Å². The summed E-state index contributed by atoms with van der Waals surface area (Å²) in [6.07, 6.45) is -11.1. The number of nitrogens with zero attached hydrogens (tertiary/aromatic N) is 12. The molecule has 23 nitrogen and oxygen atoms in total. The number of fused-ring (bicyclic) bond motifs is 4. The molecule has 8 aromatic rings. The Bertz CT molecular complexity index is 5270. The highest BCUT2D eigenvalue weighted by molar-refractivity contribution is 7.89. The molecule has 0 unspecified atom stereocenters. The second-order valence-corrected chi connectivity index (χ2v) is 37.7. The SMILES string of the molecule is CC(C)C(=O)N1CCc2c(C(=O)N3CCC(c4ccccc4C(F)(F)F)CC3)n[nH]c2C1.CC(C)CN1CCc2c(C(=O)N3CCC(c4ccccc4C(F)(F)F)CC3)n[nH]c2C1.CC(C)N1CCc2c(C(=O)N3CCC(c4ccccc4C(F)(F)F)CC3)n[nH]c2C1.CC(C)S(=O)(=O)N1CCc2c(C(=O)N3CCC(c4ccccc4C(F)(F)F)CC3)n[nH]c2C1. The van der Waals surface area contributed by atoms with Gasteiger partial charge in [-0.15, -0.1) is 0 Å². The molecular formula is C90H110F12N16O7S. The van der Waals surface area contributed by atoms with Crippen molar-refractivity contribution in [1.29, 1.82) is 0 Å². The predicted octanol–water partition coefficient (Wildman–Crippen LogP) is 16.2. The minimum atomic E-state index is -4.41. The van der Waals surface area contributed by atoms with Crippen molar-refractivity contribution in [2.24, 2.45) is 11.8 Å². The molecule has 36 heteroatoms. The third kappa shape index (κ3) is 21.2. The number of nitrogens with one attached hydrogen (secondary N) is 4. The van der Waals surface area contributed by atoms with E-state index in [2.05, 4.69) is 78.3 Å². The zero-order valence-corrected chi connectivity index (χ0v) is 72.8. The van der Waals surface area contributed by atoms with Crippen LogP contribution in [-0.2, 0) is 91.4 Å². The number of benzene rings is 4. The number of amides is 5. The van der Waals surface area contributed by atoms with Gasteiger partial charge in [0.25, 0.3) is 23.6 Å². The van der Waals surface area contributed by atoms with E-state index in [-0.39, 0.29) is 83.5 Å². The van der Waals surface area contributed by atoms with Gasteiger partial charge in [-0.25, -0.2) is 8.42 Å². The third-order valence-corrected chi connectivity index (χ3v) is 27.9. The van der Waals surface area contributed by atoms with Crippen LogP contribution in [0.4, 0.5) is 52.7 Å². The Labute approximate surface area is 725 Å². The summed E-state index contributed by atoms with van der Waals surface area (Å²) in [5, 5.41) is 28.3. The first kappa shape index (κ1) is 93.7. The number of likely N-dealkylation sites (tertiary alicyclic amines) is 4. The fraction of sp³-hybridized carbons (Fsp3) is 0.544. The number of hydrogen-bond donors (Lipinski definition) is 4. The standard InChI is InChI=1S/C23H27F3N4O2.C23H29F3N4O.C22H27F3N4O3S.C22H27F3N4O/c1-14(2)21(31)30-12-9-17-19(13-30)27-28-20(17)22(32)29-10-7-15(8-11-29)16-5-3-4-6-18(16)23(24,25)26;1-15(2)13-29-10-9-18-20(14-29)27-28-21(18)22(31)30-11-7-16(8-12-30)17-5-3-4-6-19(17)23(24,25)26;1-14(2)33(31,32)29-12-9-17-19(13-29)26-27-20(17)21(30)28-10-7-15(8-11-28)16-5-3-4-6-18(16)22(23,24)25;1-14(2)29-12-9-17-19(13-29)26-27-20(17)21(30)28-10-7-15(8-11-28)16-5-3-4-6-18(16)22(23,24)25/h3-6,14-15H,7-13H2,1-2H3,(H,27,28);3-6,15-16H,7-14H2,1-2H3,(H,27,28);3-6,14-15H,7-13H2,1-2H3,(H,26,27);3-6,14-15H,7-13H2,1-2H3,(H,26,27). The van der Waals surface area contributed by atoms with Crippen molar-refractivity contribution < 1.29 is 85.1 Å². The molecule has 4 N–H and O–H groups in total. The number of sulfonamides is 1. The van der Waals surface area contributed by atoms with Crippen LogP contribution in [0.25, 0.3) is 0 Å². The fourth-order valence-corrected chi connectivity index (χ4v) is 20.1. The van der Waals surface area contributed by atoms with E-state index in [1.54, 1.807) is 80.8 Å². The number of rotatable bonds is 14. The van der Waals surface area contributed by atoms with E-state index in [9.17, 15) is 85.1 Å². The predicted molar refractivity (Wildman–Crippen MR) is 447 cm³/mol. The number of hydrogen-bond acceptors (Lipinski definition) is 13. The van der Waals surface area contributed by atoms with Crippen LogP contribution in [-0.4, -0.2) is 214 Å². The van der Waals surface area contributed by atoms with Crippen molar-refractivity contribution in [3.8, 4) is 0 Å². The quantitative estimate of drug-likeness (QED) is 0.0739. The Hall–Kier alpha value is -9.94. The van der Waals surface area contributed by atoms with Crippen LogP contribution in [0.15, 0.2) is 97.1 Å². The summed E-state index contributed by atoms with van der Waals surface area (Å²) in [5.41, 5.74) is 7.46. The molecule has 0 spiro atoms. The summed E-state index contributed by atoms with van der Waals surface area (Å²) in [6, 6.07) is 23.3. The molecule has 4 saturated heterocycles.